The number of halogens is 1. The minimum absolute atomic E-state index is 0.0235. The van der Waals surface area contributed by atoms with Gasteiger partial charge in [-0.1, -0.05) is 11.6 Å². The Hall–Kier alpha value is -3.19. The third kappa shape index (κ3) is 4.25. The average Bonchev–Trinajstić information content (AvgIpc) is 3.13. The van der Waals surface area contributed by atoms with E-state index in [1.165, 1.54) is 0 Å². The Morgan fingerprint density at radius 3 is 2.56 bits per heavy atom. The molecule has 2 heterocycles. The number of carbonyl (C=O) groups excluding carboxylic acids is 1. The first-order chi connectivity index (χ1) is 15.0. The molecule has 0 saturated heterocycles. The number of aromatic nitrogens is 4. The molecule has 0 aliphatic heterocycles. The van der Waals surface area contributed by atoms with Crippen molar-refractivity contribution < 1.29 is 9.53 Å². The summed E-state index contributed by atoms with van der Waals surface area (Å²) in [6, 6.07) is 10.9. The molecule has 2 aromatic carbocycles. The lowest BCUT2D eigenvalue weighted by atomic mass is 10.1. The molecule has 0 aliphatic carbocycles. The van der Waals surface area contributed by atoms with Gasteiger partial charge in [0.05, 0.1) is 27.9 Å². The summed E-state index contributed by atoms with van der Waals surface area (Å²) in [5.41, 5.74) is 3.66. The van der Waals surface area contributed by atoms with E-state index in [1.807, 2.05) is 70.2 Å². The van der Waals surface area contributed by atoms with Gasteiger partial charge < -0.3 is 10.1 Å². The fourth-order valence-corrected chi connectivity index (χ4v) is 3.73. The number of amides is 1. The normalized spacial score (nSPS) is 12.0. The van der Waals surface area contributed by atoms with E-state index in [2.05, 4.69) is 20.5 Å². The van der Waals surface area contributed by atoms with Crippen LogP contribution in [0.3, 0.4) is 0 Å². The maximum absolute atomic E-state index is 12.8. The summed E-state index contributed by atoms with van der Waals surface area (Å²) in [4.78, 5) is 17.4. The number of hydrogen-bond donors (Lipinski definition) is 1. The van der Waals surface area contributed by atoms with Gasteiger partial charge in [-0.15, -0.1) is 10.2 Å². The van der Waals surface area contributed by atoms with E-state index in [-0.39, 0.29) is 17.6 Å². The molecule has 0 aliphatic rings. The van der Waals surface area contributed by atoms with E-state index < -0.39 is 0 Å². The van der Waals surface area contributed by atoms with Crippen molar-refractivity contribution >= 4 is 34.2 Å². The van der Waals surface area contributed by atoms with E-state index in [9.17, 15) is 4.79 Å². The lowest BCUT2D eigenvalue weighted by molar-refractivity contribution is 0.0919. The average molecular weight is 452 g/mol. The smallest absolute Gasteiger partial charge is 0.251 e. The highest BCUT2D eigenvalue weighted by molar-refractivity contribution is 6.33. The van der Waals surface area contributed by atoms with Gasteiger partial charge in [0.15, 0.2) is 11.5 Å². The van der Waals surface area contributed by atoms with Crippen molar-refractivity contribution in [1.29, 1.82) is 0 Å². The van der Waals surface area contributed by atoms with Crippen LogP contribution in [0.4, 0.5) is 0 Å². The summed E-state index contributed by atoms with van der Waals surface area (Å²) in [7, 11) is 0. The topological polar surface area (TPSA) is 81.4 Å². The zero-order valence-corrected chi connectivity index (χ0v) is 19.8. The fraction of sp³-hybridized carbons (Fsp3) is 0.333. The highest BCUT2D eigenvalue weighted by Gasteiger charge is 2.20. The molecule has 7 nitrogen and oxygen atoms in total. The number of nitrogens with zero attached hydrogens (tertiary/aromatic N) is 4. The van der Waals surface area contributed by atoms with Crippen LogP contribution in [-0.4, -0.2) is 37.1 Å². The molecule has 0 atom stereocenters. The van der Waals surface area contributed by atoms with Gasteiger partial charge >= 0.3 is 0 Å². The first kappa shape index (κ1) is 22.0. The van der Waals surface area contributed by atoms with Crippen molar-refractivity contribution in [2.45, 2.75) is 53.2 Å². The highest BCUT2D eigenvalue weighted by Crippen LogP contribution is 2.33. The fourth-order valence-electron chi connectivity index (χ4n) is 3.52. The molecule has 0 bridgehead atoms. The van der Waals surface area contributed by atoms with Crippen molar-refractivity contribution in [3.63, 3.8) is 0 Å². The molecule has 0 radical (unpaired) electrons. The van der Waals surface area contributed by atoms with Gasteiger partial charge in [0.2, 0.25) is 0 Å². The third-order valence-electron chi connectivity index (χ3n) is 4.79. The molecule has 0 saturated carbocycles. The lowest BCUT2D eigenvalue weighted by Crippen LogP contribution is -2.40. The Labute approximate surface area is 191 Å². The molecule has 1 amide bonds. The van der Waals surface area contributed by atoms with Crippen LogP contribution in [0.15, 0.2) is 36.4 Å². The number of carbonyl (C=O) groups is 1. The first-order valence-electron chi connectivity index (χ1n) is 10.5. The Balaban J connectivity index is 1.95. The summed E-state index contributed by atoms with van der Waals surface area (Å²) in [6.45, 7) is 11.7. The Morgan fingerprint density at radius 2 is 1.88 bits per heavy atom. The molecule has 32 heavy (non-hydrogen) atoms. The Bertz CT molecular complexity index is 1340. The second-order valence-corrected chi connectivity index (χ2v) is 9.50. The number of hydrogen-bond acceptors (Lipinski definition) is 5. The van der Waals surface area contributed by atoms with Crippen molar-refractivity contribution in [3.05, 3.63) is 52.7 Å². The molecule has 0 spiro atoms. The van der Waals surface area contributed by atoms with E-state index >= 15 is 0 Å². The van der Waals surface area contributed by atoms with Crippen LogP contribution in [-0.2, 0) is 0 Å². The van der Waals surface area contributed by atoms with Crippen LogP contribution in [0.25, 0.3) is 28.1 Å². The summed E-state index contributed by atoms with van der Waals surface area (Å²) in [5, 5.41) is 12.3. The van der Waals surface area contributed by atoms with Crippen molar-refractivity contribution in [3.8, 4) is 17.1 Å². The van der Waals surface area contributed by atoms with E-state index in [0.29, 0.717) is 33.4 Å². The van der Waals surface area contributed by atoms with Gasteiger partial charge in [-0.2, -0.15) is 0 Å². The molecule has 4 aromatic rings. The van der Waals surface area contributed by atoms with Gasteiger partial charge in [-0.05, 0) is 77.9 Å². The molecule has 0 unspecified atom stereocenters. The van der Waals surface area contributed by atoms with Gasteiger partial charge in [0, 0.05) is 16.7 Å². The van der Waals surface area contributed by atoms with Crippen LogP contribution in [0.1, 0.15) is 50.7 Å². The predicted molar refractivity (Wildman–Crippen MR) is 126 cm³/mol. The number of fused-ring (bicyclic) bond motifs is 3. The maximum Gasteiger partial charge on any atom is 0.251 e. The minimum atomic E-state index is -0.348. The zero-order valence-electron chi connectivity index (χ0n) is 19.0. The number of benzene rings is 2. The van der Waals surface area contributed by atoms with Crippen molar-refractivity contribution in [1.82, 2.24) is 24.9 Å². The Kier molecular flexibility index (Phi) is 5.54. The molecular weight excluding hydrogens is 426 g/mol. The van der Waals surface area contributed by atoms with E-state index in [1.54, 1.807) is 12.1 Å². The van der Waals surface area contributed by atoms with Crippen LogP contribution in [0, 0.1) is 6.92 Å². The summed E-state index contributed by atoms with van der Waals surface area (Å²) in [6.07, 6.45) is 0.0235. The quantitative estimate of drug-likeness (QED) is 0.460. The number of nitrogens with one attached hydrogen (secondary N) is 1. The number of rotatable bonds is 4. The summed E-state index contributed by atoms with van der Waals surface area (Å²) in [5.74, 6) is 1.09. The molecule has 1 N–H and O–H groups in total. The van der Waals surface area contributed by atoms with E-state index in [4.69, 9.17) is 16.3 Å². The second-order valence-electron chi connectivity index (χ2n) is 9.10. The van der Waals surface area contributed by atoms with Gasteiger partial charge in [-0.3, -0.25) is 9.20 Å². The van der Waals surface area contributed by atoms with Crippen molar-refractivity contribution in [2.24, 2.45) is 0 Å². The van der Waals surface area contributed by atoms with Crippen molar-refractivity contribution in [2.75, 3.05) is 0 Å². The SMILES string of the molecule is Cc1nc2ccc(C(=O)NC(C)(C)C)cc2n2c(-c3cc(OC(C)C)ccc3Cl)nnc12. The standard InChI is InChI=1S/C24H26ClN5O2/c1-13(2)32-16-8-9-18(25)17(12-16)22-29-28-21-14(3)26-19-10-7-15(11-20(19)30(21)22)23(31)27-24(4,5)6/h7-13H,1-6H3,(H,27,31). The third-order valence-corrected chi connectivity index (χ3v) is 5.12. The zero-order chi connectivity index (χ0) is 23.2. The van der Waals surface area contributed by atoms with Gasteiger partial charge in [-0.25, -0.2) is 4.98 Å². The first-order valence-corrected chi connectivity index (χ1v) is 10.9. The summed E-state index contributed by atoms with van der Waals surface area (Å²) < 4.78 is 7.74. The van der Waals surface area contributed by atoms with Crippen LogP contribution in [0.2, 0.25) is 5.02 Å². The monoisotopic (exact) mass is 451 g/mol. The second kappa shape index (κ2) is 8.06. The molecule has 2 aromatic heterocycles. The summed E-state index contributed by atoms with van der Waals surface area (Å²) >= 11 is 6.55. The lowest BCUT2D eigenvalue weighted by Gasteiger charge is -2.20. The molecule has 0 fully saturated rings. The molecule has 8 heteroatoms. The minimum Gasteiger partial charge on any atom is -0.491 e. The molecule has 4 rings (SSSR count). The molecule has 166 valence electrons. The predicted octanol–water partition coefficient (Wildman–Crippen LogP) is 5.22. The van der Waals surface area contributed by atoms with Crippen LogP contribution >= 0.6 is 11.6 Å². The maximum atomic E-state index is 12.8. The van der Waals surface area contributed by atoms with Crippen LogP contribution in [0.5, 0.6) is 5.75 Å². The van der Waals surface area contributed by atoms with Gasteiger partial charge in [0.1, 0.15) is 5.75 Å². The van der Waals surface area contributed by atoms with Crippen LogP contribution < -0.4 is 10.1 Å². The molecular formula is C24H26ClN5O2. The van der Waals surface area contributed by atoms with Gasteiger partial charge in [0.25, 0.3) is 5.91 Å². The largest absolute Gasteiger partial charge is 0.491 e. The Morgan fingerprint density at radius 1 is 1.12 bits per heavy atom. The van der Waals surface area contributed by atoms with E-state index in [0.717, 1.165) is 16.7 Å². The number of ether oxygens (including phenoxy) is 1. The number of aryl methyl sites for hydroxylation is 1. The highest BCUT2D eigenvalue weighted by atomic mass is 35.5.